The van der Waals surface area contributed by atoms with Crippen LogP contribution in [0.15, 0.2) is 66.9 Å². The zero-order chi connectivity index (χ0) is 22.3. The Labute approximate surface area is 186 Å². The quantitative estimate of drug-likeness (QED) is 0.394. The number of hydrogen-bond donors (Lipinski definition) is 0. The molecule has 0 fully saturated rings. The molecule has 4 aromatic rings. The second-order valence-electron chi connectivity index (χ2n) is 6.90. The maximum atomic E-state index is 5.94. The van der Waals surface area contributed by atoms with Crippen LogP contribution in [0.1, 0.15) is 11.4 Å². The van der Waals surface area contributed by atoms with E-state index in [2.05, 4.69) is 15.2 Å². The molecule has 0 N–H and O–H groups in total. The topological polar surface area (TPSA) is 80.5 Å². The lowest BCUT2D eigenvalue weighted by atomic mass is 10.1. The van der Waals surface area contributed by atoms with Crippen molar-refractivity contribution in [3.63, 3.8) is 0 Å². The van der Waals surface area contributed by atoms with Gasteiger partial charge in [-0.15, -0.1) is 10.2 Å². The highest BCUT2D eigenvalue weighted by molar-refractivity contribution is 5.68. The molecular weight excluding hydrogens is 408 g/mol. The summed E-state index contributed by atoms with van der Waals surface area (Å²) in [5.41, 5.74) is 2.64. The largest absolute Gasteiger partial charge is 0.496 e. The second-order valence-corrected chi connectivity index (χ2v) is 6.90. The van der Waals surface area contributed by atoms with E-state index in [1.165, 1.54) is 0 Å². The maximum Gasteiger partial charge on any atom is 0.213 e. The summed E-state index contributed by atoms with van der Waals surface area (Å²) in [6, 6.07) is 19.3. The van der Waals surface area contributed by atoms with Crippen molar-refractivity contribution in [1.29, 1.82) is 0 Å². The number of hydrogen-bond acceptors (Lipinski definition) is 7. The number of pyridine rings is 1. The number of ether oxygens (including phenoxy) is 4. The second kappa shape index (κ2) is 9.93. The maximum absolute atomic E-state index is 5.94. The van der Waals surface area contributed by atoms with E-state index >= 15 is 0 Å². The van der Waals surface area contributed by atoms with Crippen molar-refractivity contribution >= 4 is 0 Å². The summed E-state index contributed by atoms with van der Waals surface area (Å²) in [4.78, 5) is 4.31. The lowest BCUT2D eigenvalue weighted by Crippen LogP contribution is -2.05. The van der Waals surface area contributed by atoms with Gasteiger partial charge in [-0.3, -0.25) is 4.57 Å². The van der Waals surface area contributed by atoms with Gasteiger partial charge in [0.15, 0.2) is 11.6 Å². The molecule has 0 unspecified atom stereocenters. The highest BCUT2D eigenvalue weighted by atomic mass is 16.5. The summed E-state index contributed by atoms with van der Waals surface area (Å²) in [6.07, 6.45) is 1.70. The van der Waals surface area contributed by atoms with Crippen LogP contribution in [0.4, 0.5) is 0 Å². The molecule has 0 bridgehead atoms. The summed E-state index contributed by atoms with van der Waals surface area (Å²) in [5.74, 6) is 3.09. The van der Waals surface area contributed by atoms with Crippen LogP contribution in [0.25, 0.3) is 17.1 Å². The lowest BCUT2D eigenvalue weighted by molar-refractivity contribution is 0.176. The van der Waals surface area contributed by atoms with E-state index in [4.69, 9.17) is 18.9 Å². The Bertz CT molecular complexity index is 1160. The van der Waals surface area contributed by atoms with Crippen LogP contribution in [0, 0.1) is 0 Å². The number of rotatable bonds is 9. The van der Waals surface area contributed by atoms with Crippen LogP contribution in [-0.2, 0) is 18.0 Å². The van der Waals surface area contributed by atoms with Gasteiger partial charge in [-0.2, -0.15) is 0 Å². The van der Waals surface area contributed by atoms with E-state index in [-0.39, 0.29) is 0 Å². The molecule has 0 aliphatic heterocycles. The molecule has 2 aromatic heterocycles. The Morgan fingerprint density at radius 1 is 0.844 bits per heavy atom. The van der Waals surface area contributed by atoms with Crippen LogP contribution in [0.2, 0.25) is 0 Å². The van der Waals surface area contributed by atoms with Gasteiger partial charge in [-0.1, -0.05) is 30.3 Å². The van der Waals surface area contributed by atoms with Crippen molar-refractivity contribution in [3.8, 4) is 34.5 Å². The van der Waals surface area contributed by atoms with Gasteiger partial charge in [0, 0.05) is 19.2 Å². The monoisotopic (exact) mass is 432 g/mol. The fourth-order valence-corrected chi connectivity index (χ4v) is 3.30. The van der Waals surface area contributed by atoms with Crippen LogP contribution in [0.5, 0.6) is 17.4 Å². The Morgan fingerprint density at radius 2 is 1.69 bits per heavy atom. The summed E-state index contributed by atoms with van der Waals surface area (Å²) < 4.78 is 24.0. The smallest absolute Gasteiger partial charge is 0.213 e. The first-order valence-corrected chi connectivity index (χ1v) is 10.0. The number of benzene rings is 2. The average Bonchev–Trinajstić information content (AvgIpc) is 3.26. The predicted molar refractivity (Wildman–Crippen MR) is 119 cm³/mol. The van der Waals surface area contributed by atoms with Crippen LogP contribution >= 0.6 is 0 Å². The van der Waals surface area contributed by atoms with Gasteiger partial charge in [-0.25, -0.2) is 4.98 Å². The van der Waals surface area contributed by atoms with E-state index in [1.807, 2.05) is 59.2 Å². The van der Waals surface area contributed by atoms with E-state index in [0.717, 1.165) is 16.8 Å². The van der Waals surface area contributed by atoms with Gasteiger partial charge in [-0.05, 0) is 23.8 Å². The first-order chi connectivity index (χ1) is 15.7. The first-order valence-electron chi connectivity index (χ1n) is 10.0. The summed E-state index contributed by atoms with van der Waals surface area (Å²) in [5, 5.41) is 8.73. The minimum atomic E-state index is 0.291. The summed E-state index contributed by atoms with van der Waals surface area (Å²) in [7, 11) is 4.81. The highest BCUT2D eigenvalue weighted by Gasteiger charge is 2.19. The Hall–Kier alpha value is -3.91. The summed E-state index contributed by atoms with van der Waals surface area (Å²) >= 11 is 0. The molecular formula is C24H24N4O4. The molecule has 8 heteroatoms. The third kappa shape index (κ3) is 4.55. The van der Waals surface area contributed by atoms with E-state index in [0.29, 0.717) is 42.2 Å². The van der Waals surface area contributed by atoms with Gasteiger partial charge in [0.25, 0.3) is 0 Å². The van der Waals surface area contributed by atoms with Gasteiger partial charge in [0.1, 0.15) is 24.7 Å². The standard InChI is InChI=1S/C24H24N4O4/c1-29-16-22-26-27-24(28(22)18-9-12-23(31-3)25-14-18)20-11-10-19(13-21(20)30-2)32-15-17-7-5-4-6-8-17/h4-14H,15-16H2,1-3H3. The number of nitrogens with zero attached hydrogens (tertiary/aromatic N) is 4. The van der Waals surface area contributed by atoms with Crippen molar-refractivity contribution in [3.05, 3.63) is 78.2 Å². The SMILES string of the molecule is COCc1nnc(-c2ccc(OCc3ccccc3)cc2OC)n1-c1ccc(OC)nc1. The van der Waals surface area contributed by atoms with E-state index < -0.39 is 0 Å². The minimum absolute atomic E-state index is 0.291. The number of methoxy groups -OCH3 is 3. The normalized spacial score (nSPS) is 10.7. The molecule has 32 heavy (non-hydrogen) atoms. The van der Waals surface area contributed by atoms with Gasteiger partial charge < -0.3 is 18.9 Å². The molecule has 0 atom stereocenters. The van der Waals surface area contributed by atoms with Crippen molar-refractivity contribution in [1.82, 2.24) is 19.7 Å². The van der Waals surface area contributed by atoms with E-state index in [1.54, 1.807) is 33.6 Å². The zero-order valence-electron chi connectivity index (χ0n) is 18.2. The van der Waals surface area contributed by atoms with Gasteiger partial charge in [0.2, 0.25) is 5.88 Å². The summed E-state index contributed by atoms with van der Waals surface area (Å²) in [6.45, 7) is 0.759. The molecule has 0 aliphatic rings. The van der Waals surface area contributed by atoms with Crippen LogP contribution in [-0.4, -0.2) is 41.1 Å². The molecule has 0 aliphatic carbocycles. The Balaban J connectivity index is 1.69. The molecule has 8 nitrogen and oxygen atoms in total. The van der Waals surface area contributed by atoms with Gasteiger partial charge in [0.05, 0.1) is 31.7 Å². The Morgan fingerprint density at radius 3 is 2.38 bits per heavy atom. The molecule has 0 amide bonds. The third-order valence-electron chi connectivity index (χ3n) is 4.85. The fourth-order valence-electron chi connectivity index (χ4n) is 3.30. The molecule has 0 saturated heterocycles. The van der Waals surface area contributed by atoms with Crippen molar-refractivity contribution in [2.24, 2.45) is 0 Å². The molecule has 164 valence electrons. The fraction of sp³-hybridized carbons (Fsp3) is 0.208. The zero-order valence-corrected chi connectivity index (χ0v) is 18.2. The van der Waals surface area contributed by atoms with Crippen molar-refractivity contribution < 1.29 is 18.9 Å². The van der Waals surface area contributed by atoms with Crippen LogP contribution < -0.4 is 14.2 Å². The highest BCUT2D eigenvalue weighted by Crippen LogP contribution is 2.34. The number of aromatic nitrogens is 4. The first kappa shape index (κ1) is 21.3. The predicted octanol–water partition coefficient (Wildman–Crippen LogP) is 4.07. The van der Waals surface area contributed by atoms with Crippen molar-refractivity contribution in [2.75, 3.05) is 21.3 Å². The molecule has 0 radical (unpaired) electrons. The molecule has 2 aromatic carbocycles. The lowest BCUT2D eigenvalue weighted by Gasteiger charge is -2.14. The molecule has 0 spiro atoms. The van der Waals surface area contributed by atoms with Crippen LogP contribution in [0.3, 0.4) is 0 Å². The van der Waals surface area contributed by atoms with E-state index in [9.17, 15) is 0 Å². The Kier molecular flexibility index (Phi) is 6.62. The van der Waals surface area contributed by atoms with Gasteiger partial charge >= 0.3 is 0 Å². The van der Waals surface area contributed by atoms with Crippen molar-refractivity contribution in [2.45, 2.75) is 13.2 Å². The molecule has 4 rings (SSSR count). The minimum Gasteiger partial charge on any atom is -0.496 e. The third-order valence-corrected chi connectivity index (χ3v) is 4.85. The molecule has 2 heterocycles. The molecule has 0 saturated carbocycles. The average molecular weight is 432 g/mol.